The molecular formula is C14H7ClNO2-. The van der Waals surface area contributed by atoms with E-state index in [0.717, 1.165) is 10.8 Å². The van der Waals surface area contributed by atoms with Gasteiger partial charge in [-0.15, -0.1) is 0 Å². The standard InChI is InChI=1S/C14H8ClNO2/c15-12-10-6-5-8-3-1-2-4-9(8)13(10)16-7-11(12)14(17)18/h1-7H,(H,17,18)/p-1. The average molecular weight is 257 g/mol. The molecule has 0 bridgehead atoms. The molecular weight excluding hydrogens is 250 g/mol. The van der Waals surface area contributed by atoms with Gasteiger partial charge in [-0.25, -0.2) is 0 Å². The summed E-state index contributed by atoms with van der Waals surface area (Å²) in [6, 6.07) is 11.4. The molecule has 3 nitrogen and oxygen atoms in total. The summed E-state index contributed by atoms with van der Waals surface area (Å²) in [4.78, 5) is 15.1. The third-order valence-corrected chi connectivity index (χ3v) is 3.32. The van der Waals surface area contributed by atoms with Gasteiger partial charge in [-0.2, -0.15) is 0 Å². The minimum atomic E-state index is -1.32. The zero-order valence-electron chi connectivity index (χ0n) is 9.18. The fraction of sp³-hybridized carbons (Fsp3) is 0. The number of carbonyl (C=O) groups is 1. The van der Waals surface area contributed by atoms with E-state index < -0.39 is 5.97 Å². The monoisotopic (exact) mass is 256 g/mol. The number of pyridine rings is 1. The van der Waals surface area contributed by atoms with Gasteiger partial charge in [0.05, 0.1) is 16.5 Å². The number of carboxylic acid groups (broad SMARTS) is 1. The van der Waals surface area contributed by atoms with Crippen molar-refractivity contribution < 1.29 is 9.90 Å². The molecule has 0 spiro atoms. The molecule has 0 unspecified atom stereocenters. The smallest absolute Gasteiger partial charge is 0.0795 e. The van der Waals surface area contributed by atoms with Gasteiger partial charge < -0.3 is 9.90 Å². The highest BCUT2D eigenvalue weighted by atomic mass is 35.5. The molecule has 3 aromatic rings. The molecule has 0 saturated heterocycles. The second-order valence-corrected chi connectivity index (χ2v) is 4.33. The third-order valence-electron chi connectivity index (χ3n) is 2.92. The Morgan fingerprint density at radius 3 is 2.67 bits per heavy atom. The van der Waals surface area contributed by atoms with Gasteiger partial charge in [-0.1, -0.05) is 48.0 Å². The van der Waals surface area contributed by atoms with Crippen molar-refractivity contribution in [2.75, 3.05) is 0 Å². The summed E-state index contributed by atoms with van der Waals surface area (Å²) in [5.41, 5.74) is 0.613. The Morgan fingerprint density at radius 2 is 1.89 bits per heavy atom. The Kier molecular flexibility index (Phi) is 2.42. The number of rotatable bonds is 1. The lowest BCUT2D eigenvalue weighted by Gasteiger charge is -2.09. The summed E-state index contributed by atoms with van der Waals surface area (Å²) in [6.45, 7) is 0. The summed E-state index contributed by atoms with van der Waals surface area (Å²) in [6.07, 6.45) is 1.24. The lowest BCUT2D eigenvalue weighted by molar-refractivity contribution is -0.255. The molecule has 0 radical (unpaired) electrons. The zero-order chi connectivity index (χ0) is 12.7. The van der Waals surface area contributed by atoms with Crippen LogP contribution in [0.25, 0.3) is 21.7 Å². The summed E-state index contributed by atoms with van der Waals surface area (Å²) in [5.74, 6) is -1.32. The maximum atomic E-state index is 10.9. The molecule has 1 aromatic heterocycles. The fourth-order valence-electron chi connectivity index (χ4n) is 2.04. The van der Waals surface area contributed by atoms with Crippen LogP contribution in [0, 0.1) is 0 Å². The number of aromatic carboxylic acids is 1. The maximum Gasteiger partial charge on any atom is 0.0795 e. The van der Waals surface area contributed by atoms with E-state index in [2.05, 4.69) is 4.98 Å². The molecule has 0 saturated carbocycles. The van der Waals surface area contributed by atoms with Crippen LogP contribution in [0.15, 0.2) is 42.6 Å². The van der Waals surface area contributed by atoms with Crippen molar-refractivity contribution >= 4 is 39.2 Å². The second kappa shape index (κ2) is 3.96. The molecule has 0 atom stereocenters. The van der Waals surface area contributed by atoms with Crippen molar-refractivity contribution in [2.24, 2.45) is 0 Å². The van der Waals surface area contributed by atoms with Gasteiger partial charge in [-0.3, -0.25) is 4.98 Å². The summed E-state index contributed by atoms with van der Waals surface area (Å²) in [5, 5.41) is 13.7. The van der Waals surface area contributed by atoms with Crippen LogP contribution in [-0.4, -0.2) is 11.0 Å². The Labute approximate surface area is 108 Å². The van der Waals surface area contributed by atoms with Crippen molar-refractivity contribution in [3.63, 3.8) is 0 Å². The Hall–Kier alpha value is -2.13. The minimum absolute atomic E-state index is 0.0838. The van der Waals surface area contributed by atoms with E-state index in [0.29, 0.717) is 10.9 Å². The lowest BCUT2D eigenvalue weighted by atomic mass is 10.1. The molecule has 18 heavy (non-hydrogen) atoms. The molecule has 0 aliphatic rings. The number of benzene rings is 2. The van der Waals surface area contributed by atoms with Crippen molar-refractivity contribution in [2.45, 2.75) is 0 Å². The number of carboxylic acids is 1. The maximum absolute atomic E-state index is 10.9. The SMILES string of the molecule is O=C([O-])c1cnc2c(ccc3ccccc32)c1Cl. The van der Waals surface area contributed by atoms with Gasteiger partial charge in [0.25, 0.3) is 0 Å². The molecule has 2 aromatic carbocycles. The van der Waals surface area contributed by atoms with Crippen molar-refractivity contribution in [1.82, 2.24) is 4.98 Å². The van der Waals surface area contributed by atoms with E-state index in [1.165, 1.54) is 6.20 Å². The second-order valence-electron chi connectivity index (χ2n) is 3.96. The highest BCUT2D eigenvalue weighted by molar-refractivity contribution is 6.38. The highest BCUT2D eigenvalue weighted by Crippen LogP contribution is 2.30. The number of halogens is 1. The van der Waals surface area contributed by atoms with Crippen LogP contribution in [0.5, 0.6) is 0 Å². The van der Waals surface area contributed by atoms with E-state index in [-0.39, 0.29) is 10.6 Å². The van der Waals surface area contributed by atoms with Crippen LogP contribution in [0.1, 0.15) is 10.4 Å². The summed E-state index contributed by atoms with van der Waals surface area (Å²) >= 11 is 6.08. The summed E-state index contributed by atoms with van der Waals surface area (Å²) < 4.78 is 0. The number of nitrogens with zero attached hydrogens (tertiary/aromatic N) is 1. The topological polar surface area (TPSA) is 53.0 Å². The van der Waals surface area contributed by atoms with Gasteiger partial charge in [0.2, 0.25) is 0 Å². The van der Waals surface area contributed by atoms with E-state index in [1.54, 1.807) is 6.07 Å². The van der Waals surface area contributed by atoms with Gasteiger partial charge in [0, 0.05) is 22.5 Å². The van der Waals surface area contributed by atoms with Gasteiger partial charge in [0.1, 0.15) is 0 Å². The first kappa shape index (κ1) is 11.0. The van der Waals surface area contributed by atoms with E-state index in [4.69, 9.17) is 11.6 Å². The Balaban J connectivity index is 2.48. The Morgan fingerprint density at radius 1 is 1.11 bits per heavy atom. The Bertz CT molecular complexity index is 783. The highest BCUT2D eigenvalue weighted by Gasteiger charge is 2.09. The first-order valence-electron chi connectivity index (χ1n) is 5.36. The van der Waals surface area contributed by atoms with Gasteiger partial charge in [-0.05, 0) is 5.39 Å². The lowest BCUT2D eigenvalue weighted by Crippen LogP contribution is -2.22. The number of hydrogen-bond acceptors (Lipinski definition) is 3. The molecule has 0 aliphatic carbocycles. The normalized spacial score (nSPS) is 10.9. The molecule has 0 N–H and O–H groups in total. The largest absolute Gasteiger partial charge is 0.545 e. The summed E-state index contributed by atoms with van der Waals surface area (Å²) in [7, 11) is 0. The van der Waals surface area contributed by atoms with Crippen LogP contribution < -0.4 is 5.11 Å². The molecule has 0 aliphatic heterocycles. The third kappa shape index (κ3) is 1.52. The molecule has 88 valence electrons. The molecule has 1 heterocycles. The number of fused-ring (bicyclic) bond motifs is 3. The predicted molar refractivity (Wildman–Crippen MR) is 68.6 cm³/mol. The van der Waals surface area contributed by atoms with Crippen molar-refractivity contribution in [1.29, 1.82) is 0 Å². The van der Waals surface area contributed by atoms with Gasteiger partial charge >= 0.3 is 0 Å². The van der Waals surface area contributed by atoms with E-state index >= 15 is 0 Å². The van der Waals surface area contributed by atoms with Crippen LogP contribution in [-0.2, 0) is 0 Å². The first-order valence-corrected chi connectivity index (χ1v) is 5.73. The number of carbonyl (C=O) groups excluding carboxylic acids is 1. The van der Waals surface area contributed by atoms with Crippen LogP contribution >= 0.6 is 11.6 Å². The van der Waals surface area contributed by atoms with Crippen LogP contribution in [0.4, 0.5) is 0 Å². The number of aromatic nitrogens is 1. The molecule has 3 rings (SSSR count). The molecule has 0 amide bonds. The van der Waals surface area contributed by atoms with Crippen LogP contribution in [0.3, 0.4) is 0 Å². The quantitative estimate of drug-likeness (QED) is 0.628. The number of hydrogen-bond donors (Lipinski definition) is 0. The zero-order valence-corrected chi connectivity index (χ0v) is 9.94. The molecule has 4 heteroatoms. The van der Waals surface area contributed by atoms with E-state index in [1.807, 2.05) is 30.3 Å². The van der Waals surface area contributed by atoms with Crippen LogP contribution in [0.2, 0.25) is 5.02 Å². The fourth-order valence-corrected chi connectivity index (χ4v) is 2.32. The van der Waals surface area contributed by atoms with E-state index in [9.17, 15) is 9.90 Å². The van der Waals surface area contributed by atoms with Crippen molar-refractivity contribution in [3.8, 4) is 0 Å². The van der Waals surface area contributed by atoms with Gasteiger partial charge in [0.15, 0.2) is 0 Å². The first-order chi connectivity index (χ1) is 8.68. The molecule has 0 fully saturated rings. The van der Waals surface area contributed by atoms with Crippen molar-refractivity contribution in [3.05, 3.63) is 53.2 Å². The minimum Gasteiger partial charge on any atom is -0.545 e. The average Bonchev–Trinajstić information content (AvgIpc) is 2.38. The predicted octanol–water partition coefficient (Wildman–Crippen LogP) is 2.40.